The summed E-state index contributed by atoms with van der Waals surface area (Å²) in [5.41, 5.74) is -0.867. The molecule has 0 fully saturated rings. The smallest absolute Gasteiger partial charge is 0.345 e. The molecule has 26 heavy (non-hydrogen) atoms. The monoisotopic (exact) mass is 386 g/mol. The number of rotatable bonds is 8. The van der Waals surface area contributed by atoms with Gasteiger partial charge in [-0.3, -0.25) is 14.9 Å². The van der Waals surface area contributed by atoms with Crippen LogP contribution in [0.1, 0.15) is 30.6 Å². The molecule has 0 spiro atoms. The summed E-state index contributed by atoms with van der Waals surface area (Å²) in [5, 5.41) is 13.5. The lowest BCUT2D eigenvalue weighted by molar-refractivity contribution is -0.385. The van der Waals surface area contributed by atoms with E-state index in [1.165, 1.54) is 13.2 Å². The fraction of sp³-hybridized carbons (Fsp3) is 0.438. The van der Waals surface area contributed by atoms with Gasteiger partial charge in [0, 0.05) is 11.1 Å². The largest absolute Gasteiger partial charge is 0.467 e. The van der Waals surface area contributed by atoms with Crippen molar-refractivity contribution in [2.45, 2.75) is 26.3 Å². The van der Waals surface area contributed by atoms with Crippen molar-refractivity contribution in [3.8, 4) is 0 Å². The Morgan fingerprint density at radius 3 is 2.54 bits per heavy atom. The Bertz CT molecular complexity index is 708. The van der Waals surface area contributed by atoms with Crippen LogP contribution in [0.4, 0.5) is 5.69 Å². The van der Waals surface area contributed by atoms with Crippen LogP contribution in [0.25, 0.3) is 0 Å². The van der Waals surface area contributed by atoms with Gasteiger partial charge in [0.1, 0.15) is 11.6 Å². The number of amides is 1. The Morgan fingerprint density at radius 2 is 2.00 bits per heavy atom. The molecular formula is C16H19ClN2O7. The summed E-state index contributed by atoms with van der Waals surface area (Å²) in [6.45, 7) is 2.88. The van der Waals surface area contributed by atoms with Gasteiger partial charge in [-0.2, -0.15) is 0 Å². The van der Waals surface area contributed by atoms with Crippen LogP contribution in [0.5, 0.6) is 0 Å². The standard InChI is InChI=1S/C16H19ClN2O7/c1-4-9(2)14(16(22)25-3)18-13(20)8-26-15(21)11-7-10(17)5-6-12(11)19(23)24/h5-7,9,14H,4,8H2,1-3H3,(H,18,20)/t9-,14-/m0/s1. The zero-order valence-electron chi connectivity index (χ0n) is 14.5. The number of benzene rings is 1. The second-order valence-electron chi connectivity index (χ2n) is 5.45. The minimum atomic E-state index is -1.08. The third kappa shape index (κ3) is 5.69. The van der Waals surface area contributed by atoms with Gasteiger partial charge >= 0.3 is 11.9 Å². The molecular weight excluding hydrogens is 368 g/mol. The molecule has 0 heterocycles. The fourth-order valence-electron chi connectivity index (χ4n) is 2.05. The minimum Gasteiger partial charge on any atom is -0.467 e. The quantitative estimate of drug-likeness (QED) is 0.412. The Kier molecular flexibility index (Phi) is 7.98. The number of esters is 2. The topological polar surface area (TPSA) is 125 Å². The molecule has 0 aliphatic carbocycles. The van der Waals surface area contributed by atoms with E-state index >= 15 is 0 Å². The molecule has 2 atom stereocenters. The van der Waals surface area contributed by atoms with Gasteiger partial charge in [-0.25, -0.2) is 9.59 Å². The van der Waals surface area contributed by atoms with Gasteiger partial charge in [-0.05, 0) is 18.1 Å². The number of methoxy groups -OCH3 is 1. The summed E-state index contributed by atoms with van der Waals surface area (Å²) >= 11 is 5.74. The van der Waals surface area contributed by atoms with E-state index in [-0.39, 0.29) is 16.5 Å². The van der Waals surface area contributed by atoms with Crippen LogP contribution in [0.2, 0.25) is 5.02 Å². The number of nitro groups is 1. The van der Waals surface area contributed by atoms with E-state index in [0.29, 0.717) is 6.42 Å². The summed E-state index contributed by atoms with van der Waals surface area (Å²) < 4.78 is 9.43. The predicted octanol–water partition coefficient (Wildman–Crippen LogP) is 2.11. The van der Waals surface area contributed by atoms with Crippen LogP contribution < -0.4 is 5.32 Å². The number of hydrogen-bond acceptors (Lipinski definition) is 7. The molecule has 9 nitrogen and oxygen atoms in total. The molecule has 10 heteroatoms. The Hall–Kier alpha value is -2.68. The van der Waals surface area contributed by atoms with Crippen LogP contribution >= 0.6 is 11.6 Å². The van der Waals surface area contributed by atoms with Gasteiger partial charge in [0.2, 0.25) is 0 Å². The first-order valence-corrected chi connectivity index (χ1v) is 8.07. The molecule has 1 amide bonds. The molecule has 142 valence electrons. The second-order valence-corrected chi connectivity index (χ2v) is 5.89. The van der Waals surface area contributed by atoms with Crippen molar-refractivity contribution < 1.29 is 28.8 Å². The lowest BCUT2D eigenvalue weighted by atomic mass is 9.99. The van der Waals surface area contributed by atoms with Crippen molar-refractivity contribution in [1.82, 2.24) is 5.32 Å². The van der Waals surface area contributed by atoms with Gasteiger partial charge in [0.05, 0.1) is 12.0 Å². The summed E-state index contributed by atoms with van der Waals surface area (Å²) in [6, 6.07) is 2.51. The Morgan fingerprint density at radius 1 is 1.35 bits per heavy atom. The molecule has 0 saturated heterocycles. The maximum atomic E-state index is 12.0. The Labute approximate surface area is 154 Å². The van der Waals surface area contributed by atoms with Crippen LogP contribution in [0, 0.1) is 16.0 Å². The van der Waals surface area contributed by atoms with Crippen molar-refractivity contribution in [2.75, 3.05) is 13.7 Å². The highest BCUT2D eigenvalue weighted by Gasteiger charge is 2.28. The van der Waals surface area contributed by atoms with E-state index in [1.807, 2.05) is 6.92 Å². The first-order chi connectivity index (χ1) is 12.2. The molecule has 1 N–H and O–H groups in total. The van der Waals surface area contributed by atoms with E-state index in [0.717, 1.165) is 12.1 Å². The minimum absolute atomic E-state index is 0.106. The number of carbonyl (C=O) groups is 3. The first kappa shape index (κ1) is 21.4. The highest BCUT2D eigenvalue weighted by atomic mass is 35.5. The van der Waals surface area contributed by atoms with Gasteiger partial charge in [0.15, 0.2) is 6.61 Å². The van der Waals surface area contributed by atoms with Gasteiger partial charge in [0.25, 0.3) is 11.6 Å². The number of nitrogens with zero attached hydrogens (tertiary/aromatic N) is 1. The Balaban J connectivity index is 2.78. The molecule has 1 rings (SSSR count). The molecule has 1 aromatic rings. The normalized spacial score (nSPS) is 12.6. The van der Waals surface area contributed by atoms with Gasteiger partial charge < -0.3 is 14.8 Å². The van der Waals surface area contributed by atoms with Gasteiger partial charge in [-0.15, -0.1) is 0 Å². The summed E-state index contributed by atoms with van der Waals surface area (Å²) in [6.07, 6.45) is 0.606. The van der Waals surface area contributed by atoms with Crippen molar-refractivity contribution in [3.63, 3.8) is 0 Å². The van der Waals surface area contributed by atoms with E-state index in [4.69, 9.17) is 16.3 Å². The van der Waals surface area contributed by atoms with E-state index in [1.54, 1.807) is 6.92 Å². The number of hydrogen-bond donors (Lipinski definition) is 1. The lowest BCUT2D eigenvalue weighted by Gasteiger charge is -2.21. The van der Waals surface area contributed by atoms with Crippen LogP contribution in [0.3, 0.4) is 0 Å². The maximum Gasteiger partial charge on any atom is 0.345 e. The van der Waals surface area contributed by atoms with Crippen molar-refractivity contribution in [3.05, 3.63) is 38.9 Å². The highest BCUT2D eigenvalue weighted by molar-refractivity contribution is 6.31. The number of carbonyl (C=O) groups excluding carboxylic acids is 3. The van der Waals surface area contributed by atoms with E-state index < -0.39 is 41.1 Å². The molecule has 0 unspecified atom stereocenters. The van der Waals surface area contributed by atoms with Gasteiger partial charge in [-0.1, -0.05) is 31.9 Å². The molecule has 1 aromatic carbocycles. The third-order valence-corrected chi connectivity index (χ3v) is 3.93. The average molecular weight is 387 g/mol. The van der Waals surface area contributed by atoms with E-state index in [2.05, 4.69) is 10.1 Å². The average Bonchev–Trinajstić information content (AvgIpc) is 2.62. The number of ether oxygens (including phenoxy) is 2. The van der Waals surface area contributed by atoms with Crippen molar-refractivity contribution in [1.29, 1.82) is 0 Å². The lowest BCUT2D eigenvalue weighted by Crippen LogP contribution is -2.47. The zero-order valence-corrected chi connectivity index (χ0v) is 15.2. The SMILES string of the molecule is CC[C@H](C)[C@H](NC(=O)COC(=O)c1cc(Cl)ccc1[N+](=O)[O-])C(=O)OC. The van der Waals surface area contributed by atoms with Crippen molar-refractivity contribution in [2.24, 2.45) is 5.92 Å². The van der Waals surface area contributed by atoms with Crippen LogP contribution in [-0.2, 0) is 19.1 Å². The fourth-order valence-corrected chi connectivity index (χ4v) is 2.22. The summed E-state index contributed by atoms with van der Waals surface area (Å²) in [7, 11) is 1.20. The van der Waals surface area contributed by atoms with E-state index in [9.17, 15) is 24.5 Å². The molecule has 0 bridgehead atoms. The molecule has 0 aliphatic rings. The molecule has 0 saturated carbocycles. The highest BCUT2D eigenvalue weighted by Crippen LogP contribution is 2.23. The summed E-state index contributed by atoms with van der Waals surface area (Å²) in [5.74, 6) is -2.63. The van der Waals surface area contributed by atoms with Crippen LogP contribution in [0.15, 0.2) is 18.2 Å². The van der Waals surface area contributed by atoms with Crippen molar-refractivity contribution >= 4 is 35.1 Å². The predicted molar refractivity (Wildman–Crippen MR) is 91.8 cm³/mol. The maximum absolute atomic E-state index is 12.0. The third-order valence-electron chi connectivity index (χ3n) is 3.69. The molecule has 0 aromatic heterocycles. The summed E-state index contributed by atoms with van der Waals surface area (Å²) in [4.78, 5) is 45.9. The first-order valence-electron chi connectivity index (χ1n) is 7.69. The number of nitrogens with one attached hydrogen (secondary N) is 1. The molecule has 0 aliphatic heterocycles. The zero-order chi connectivity index (χ0) is 19.9. The second kappa shape index (κ2) is 9.71. The number of nitro benzene ring substituents is 1. The molecule has 0 radical (unpaired) electrons. The number of halogens is 1. The van der Waals surface area contributed by atoms with Crippen LogP contribution in [-0.4, -0.2) is 42.5 Å².